The fourth-order valence-electron chi connectivity index (χ4n) is 2.10. The van der Waals surface area contributed by atoms with Crippen molar-refractivity contribution in [1.82, 2.24) is 9.97 Å². The van der Waals surface area contributed by atoms with Crippen molar-refractivity contribution in [3.63, 3.8) is 0 Å². The molecule has 0 saturated heterocycles. The van der Waals surface area contributed by atoms with E-state index in [-0.39, 0.29) is 6.10 Å². The lowest BCUT2D eigenvalue weighted by molar-refractivity contribution is 0.214. The predicted molar refractivity (Wildman–Crippen MR) is 78.4 cm³/mol. The Bertz CT molecular complexity index is 700. The summed E-state index contributed by atoms with van der Waals surface area (Å²) in [5.74, 6) is 0.760. The van der Waals surface area contributed by atoms with E-state index >= 15 is 0 Å². The Balaban J connectivity index is 1.87. The first kappa shape index (κ1) is 12.6. The van der Waals surface area contributed by atoms with Crippen LogP contribution in [-0.2, 0) is 0 Å². The fraction of sp³-hybridized carbons (Fsp3) is 0.125. The minimum Gasteiger partial charge on any atom is -0.484 e. The van der Waals surface area contributed by atoms with Gasteiger partial charge in [0, 0.05) is 42.2 Å². The van der Waals surface area contributed by atoms with Gasteiger partial charge in [-0.3, -0.25) is 9.97 Å². The van der Waals surface area contributed by atoms with E-state index in [1.54, 1.807) is 18.6 Å². The highest BCUT2D eigenvalue weighted by Gasteiger charge is 2.11. The van der Waals surface area contributed by atoms with E-state index in [1.807, 2.05) is 42.5 Å². The molecular weight excluding hydrogens is 250 g/mol. The Kier molecular flexibility index (Phi) is 3.56. The number of ether oxygens (including phenoxy) is 1. The van der Waals surface area contributed by atoms with Crippen molar-refractivity contribution in [2.75, 3.05) is 6.54 Å². The Morgan fingerprint density at radius 2 is 2.00 bits per heavy atom. The molecule has 0 radical (unpaired) electrons. The first-order valence-electron chi connectivity index (χ1n) is 6.48. The summed E-state index contributed by atoms with van der Waals surface area (Å²) in [4.78, 5) is 8.42. The average Bonchev–Trinajstić information content (AvgIpc) is 2.53. The first-order chi connectivity index (χ1) is 9.86. The van der Waals surface area contributed by atoms with Crippen molar-refractivity contribution in [3.05, 3.63) is 66.6 Å². The molecule has 4 heteroatoms. The van der Waals surface area contributed by atoms with Crippen LogP contribution in [0.15, 0.2) is 61.1 Å². The number of hydrogen-bond donors (Lipinski definition) is 1. The van der Waals surface area contributed by atoms with Gasteiger partial charge in [-0.25, -0.2) is 0 Å². The standard InChI is InChI=1S/C16H15N3O/c17-10-16(13-4-1-7-18-11-13)20-14-6-5-12-3-2-8-19-15(12)9-14/h1-9,11,16H,10,17H2. The van der Waals surface area contributed by atoms with Crippen LogP contribution in [0.4, 0.5) is 0 Å². The van der Waals surface area contributed by atoms with Crippen LogP contribution in [0, 0.1) is 0 Å². The summed E-state index contributed by atoms with van der Waals surface area (Å²) in [6.07, 6.45) is 5.08. The molecule has 1 unspecified atom stereocenters. The van der Waals surface area contributed by atoms with Gasteiger partial charge in [-0.1, -0.05) is 12.1 Å². The molecule has 3 aromatic rings. The van der Waals surface area contributed by atoms with Gasteiger partial charge in [0.2, 0.25) is 0 Å². The summed E-state index contributed by atoms with van der Waals surface area (Å²) in [6, 6.07) is 13.6. The number of benzene rings is 1. The third-order valence-corrected chi connectivity index (χ3v) is 3.13. The van der Waals surface area contributed by atoms with Crippen LogP contribution < -0.4 is 10.5 Å². The van der Waals surface area contributed by atoms with Crippen molar-refractivity contribution < 1.29 is 4.74 Å². The summed E-state index contributed by atoms with van der Waals surface area (Å²) in [5.41, 5.74) is 7.67. The Morgan fingerprint density at radius 1 is 1.10 bits per heavy atom. The number of hydrogen-bond acceptors (Lipinski definition) is 4. The summed E-state index contributed by atoms with van der Waals surface area (Å²) in [5, 5.41) is 1.09. The molecule has 0 spiro atoms. The molecule has 0 aliphatic rings. The number of pyridine rings is 2. The number of aromatic nitrogens is 2. The van der Waals surface area contributed by atoms with Crippen molar-refractivity contribution in [3.8, 4) is 5.75 Å². The molecule has 0 saturated carbocycles. The van der Waals surface area contributed by atoms with E-state index < -0.39 is 0 Å². The molecule has 3 rings (SSSR count). The largest absolute Gasteiger partial charge is 0.484 e. The van der Waals surface area contributed by atoms with Gasteiger partial charge < -0.3 is 10.5 Å². The maximum atomic E-state index is 5.95. The lowest BCUT2D eigenvalue weighted by atomic mass is 10.1. The molecule has 1 aromatic carbocycles. The minimum atomic E-state index is -0.204. The van der Waals surface area contributed by atoms with Crippen molar-refractivity contribution >= 4 is 10.9 Å². The van der Waals surface area contributed by atoms with Gasteiger partial charge in [0.25, 0.3) is 0 Å². The lowest BCUT2D eigenvalue weighted by Crippen LogP contribution is -2.18. The van der Waals surface area contributed by atoms with E-state index in [0.717, 1.165) is 22.2 Å². The molecule has 0 fully saturated rings. The molecule has 2 N–H and O–H groups in total. The van der Waals surface area contributed by atoms with E-state index in [1.165, 1.54) is 0 Å². The zero-order chi connectivity index (χ0) is 13.8. The summed E-state index contributed by atoms with van der Waals surface area (Å²) >= 11 is 0. The zero-order valence-corrected chi connectivity index (χ0v) is 10.9. The predicted octanol–water partition coefficient (Wildman–Crippen LogP) is 2.71. The highest BCUT2D eigenvalue weighted by atomic mass is 16.5. The second-order valence-electron chi connectivity index (χ2n) is 4.49. The SMILES string of the molecule is NCC(Oc1ccc2cccnc2c1)c1cccnc1. The molecule has 0 amide bonds. The quantitative estimate of drug-likeness (QED) is 0.788. The van der Waals surface area contributed by atoms with Crippen LogP contribution in [0.3, 0.4) is 0 Å². The summed E-state index contributed by atoms with van der Waals surface area (Å²) < 4.78 is 5.95. The van der Waals surface area contributed by atoms with Crippen LogP contribution in [0.5, 0.6) is 5.75 Å². The van der Waals surface area contributed by atoms with Gasteiger partial charge in [-0.15, -0.1) is 0 Å². The number of nitrogens with two attached hydrogens (primary N) is 1. The highest BCUT2D eigenvalue weighted by Crippen LogP contribution is 2.24. The van der Waals surface area contributed by atoms with Crippen LogP contribution in [0.25, 0.3) is 10.9 Å². The highest BCUT2D eigenvalue weighted by molar-refractivity contribution is 5.79. The second-order valence-corrected chi connectivity index (χ2v) is 4.49. The van der Waals surface area contributed by atoms with Crippen LogP contribution in [-0.4, -0.2) is 16.5 Å². The molecule has 20 heavy (non-hydrogen) atoms. The van der Waals surface area contributed by atoms with Crippen molar-refractivity contribution in [1.29, 1.82) is 0 Å². The molecular formula is C16H15N3O. The molecule has 100 valence electrons. The minimum absolute atomic E-state index is 0.204. The number of rotatable bonds is 4. The molecule has 4 nitrogen and oxygen atoms in total. The van der Waals surface area contributed by atoms with Crippen LogP contribution in [0.2, 0.25) is 0 Å². The van der Waals surface area contributed by atoms with Gasteiger partial charge in [-0.05, 0) is 24.3 Å². The summed E-state index contributed by atoms with van der Waals surface area (Å²) in [7, 11) is 0. The van der Waals surface area contributed by atoms with Crippen molar-refractivity contribution in [2.24, 2.45) is 5.73 Å². The van der Waals surface area contributed by atoms with E-state index in [4.69, 9.17) is 10.5 Å². The molecule has 0 aliphatic carbocycles. The normalized spacial score (nSPS) is 12.2. The number of fused-ring (bicyclic) bond motifs is 1. The average molecular weight is 265 g/mol. The van der Waals surface area contributed by atoms with Gasteiger partial charge in [-0.2, -0.15) is 0 Å². The van der Waals surface area contributed by atoms with Crippen LogP contribution in [0.1, 0.15) is 11.7 Å². The Morgan fingerprint density at radius 3 is 2.80 bits per heavy atom. The van der Waals surface area contributed by atoms with Gasteiger partial charge in [0.15, 0.2) is 0 Å². The van der Waals surface area contributed by atoms with Crippen molar-refractivity contribution in [2.45, 2.75) is 6.10 Å². The van der Waals surface area contributed by atoms with E-state index in [9.17, 15) is 0 Å². The third kappa shape index (κ3) is 2.60. The van der Waals surface area contributed by atoms with Gasteiger partial charge in [0.1, 0.15) is 11.9 Å². The fourth-order valence-corrected chi connectivity index (χ4v) is 2.10. The molecule has 0 aliphatic heterocycles. The Labute approximate surface area is 117 Å². The molecule has 1 atom stereocenters. The first-order valence-corrected chi connectivity index (χ1v) is 6.48. The maximum absolute atomic E-state index is 5.95. The maximum Gasteiger partial charge on any atom is 0.137 e. The number of nitrogens with zero attached hydrogens (tertiary/aromatic N) is 2. The second kappa shape index (κ2) is 5.67. The smallest absolute Gasteiger partial charge is 0.137 e. The third-order valence-electron chi connectivity index (χ3n) is 3.13. The topological polar surface area (TPSA) is 61.0 Å². The summed E-state index contributed by atoms with van der Waals surface area (Å²) in [6.45, 7) is 0.395. The monoisotopic (exact) mass is 265 g/mol. The van der Waals surface area contributed by atoms with Gasteiger partial charge >= 0.3 is 0 Å². The molecule has 2 heterocycles. The Hall–Kier alpha value is -2.46. The zero-order valence-electron chi connectivity index (χ0n) is 10.9. The van der Waals surface area contributed by atoms with E-state index in [0.29, 0.717) is 6.54 Å². The van der Waals surface area contributed by atoms with Crippen LogP contribution >= 0.6 is 0 Å². The van der Waals surface area contributed by atoms with Gasteiger partial charge in [0.05, 0.1) is 5.52 Å². The molecule has 0 bridgehead atoms. The molecule has 2 aromatic heterocycles. The lowest BCUT2D eigenvalue weighted by Gasteiger charge is -2.17. The van der Waals surface area contributed by atoms with E-state index in [2.05, 4.69) is 9.97 Å².